The van der Waals surface area contributed by atoms with Crippen molar-refractivity contribution in [2.45, 2.75) is 32.0 Å². The number of methoxy groups -OCH3 is 1. The lowest BCUT2D eigenvalue weighted by Crippen LogP contribution is -2.28. The number of nitrogens with two attached hydrogens (primary N) is 1. The van der Waals surface area contributed by atoms with E-state index in [0.29, 0.717) is 17.1 Å². The third-order valence-corrected chi connectivity index (χ3v) is 3.04. The highest BCUT2D eigenvalue weighted by Gasteiger charge is 2.28. The summed E-state index contributed by atoms with van der Waals surface area (Å²) in [6, 6.07) is 5.16. The molecule has 5 heteroatoms. The Morgan fingerprint density at radius 3 is 2.83 bits per heavy atom. The van der Waals surface area contributed by atoms with Gasteiger partial charge in [-0.05, 0) is 31.9 Å². The molecule has 3 N–H and O–H groups in total. The van der Waals surface area contributed by atoms with Crippen molar-refractivity contribution in [2.75, 3.05) is 18.2 Å². The van der Waals surface area contributed by atoms with Gasteiger partial charge in [0.2, 0.25) is 0 Å². The summed E-state index contributed by atoms with van der Waals surface area (Å²) in [5.74, 6) is 0.521. The Morgan fingerprint density at radius 2 is 2.28 bits per heavy atom. The zero-order valence-corrected chi connectivity index (χ0v) is 10.6. The summed E-state index contributed by atoms with van der Waals surface area (Å²) in [7, 11) is 1.57. The van der Waals surface area contributed by atoms with Gasteiger partial charge < -0.3 is 20.5 Å². The Bertz CT molecular complexity index is 448. The van der Waals surface area contributed by atoms with Crippen molar-refractivity contribution in [3.8, 4) is 5.75 Å². The van der Waals surface area contributed by atoms with E-state index in [1.54, 1.807) is 25.3 Å². The summed E-state index contributed by atoms with van der Waals surface area (Å²) in [6.45, 7) is 1.97. The largest absolute Gasteiger partial charge is 0.497 e. The predicted molar refractivity (Wildman–Crippen MR) is 69.6 cm³/mol. The van der Waals surface area contributed by atoms with Crippen LogP contribution < -0.4 is 15.8 Å². The molecular weight excluding hydrogens is 232 g/mol. The fraction of sp³-hybridized carbons (Fsp3) is 0.462. The maximum atomic E-state index is 11.9. The molecule has 0 saturated carbocycles. The van der Waals surface area contributed by atoms with E-state index in [1.165, 1.54) is 0 Å². The molecule has 2 unspecified atom stereocenters. The molecule has 1 saturated heterocycles. The van der Waals surface area contributed by atoms with Gasteiger partial charge in [-0.15, -0.1) is 0 Å². The number of ether oxygens (including phenoxy) is 2. The van der Waals surface area contributed by atoms with Gasteiger partial charge in [-0.1, -0.05) is 0 Å². The van der Waals surface area contributed by atoms with E-state index in [-0.39, 0.29) is 18.1 Å². The summed E-state index contributed by atoms with van der Waals surface area (Å²) in [5.41, 5.74) is 6.90. The number of benzene rings is 1. The first-order valence-electron chi connectivity index (χ1n) is 6.00. The Hall–Kier alpha value is -1.75. The van der Waals surface area contributed by atoms with Crippen LogP contribution in [0.5, 0.6) is 5.75 Å². The second kappa shape index (κ2) is 5.27. The second-order valence-electron chi connectivity index (χ2n) is 4.46. The summed E-state index contributed by atoms with van der Waals surface area (Å²) >= 11 is 0. The molecule has 5 nitrogen and oxygen atoms in total. The molecule has 1 amide bonds. The number of anilines is 2. The number of nitrogens with one attached hydrogen (secondary N) is 1. The third kappa shape index (κ3) is 2.73. The number of hydrogen-bond acceptors (Lipinski definition) is 4. The number of amides is 1. The van der Waals surface area contributed by atoms with E-state index >= 15 is 0 Å². The molecule has 1 aromatic carbocycles. The van der Waals surface area contributed by atoms with Crippen LogP contribution in [0.1, 0.15) is 19.8 Å². The molecule has 0 aliphatic carbocycles. The minimum atomic E-state index is -0.374. The first kappa shape index (κ1) is 12.7. The van der Waals surface area contributed by atoms with Crippen molar-refractivity contribution < 1.29 is 14.3 Å². The molecule has 1 aliphatic rings. The number of rotatable bonds is 3. The van der Waals surface area contributed by atoms with Gasteiger partial charge in [-0.3, -0.25) is 4.79 Å². The van der Waals surface area contributed by atoms with E-state index in [4.69, 9.17) is 15.2 Å². The van der Waals surface area contributed by atoms with E-state index in [0.717, 1.165) is 12.8 Å². The fourth-order valence-electron chi connectivity index (χ4n) is 1.99. The zero-order chi connectivity index (χ0) is 13.1. The highest BCUT2D eigenvalue weighted by Crippen LogP contribution is 2.26. The summed E-state index contributed by atoms with van der Waals surface area (Å²) in [4.78, 5) is 11.9. The van der Waals surface area contributed by atoms with Crippen LogP contribution in [0.3, 0.4) is 0 Å². The number of carbonyl (C=O) groups is 1. The first-order chi connectivity index (χ1) is 8.60. The summed E-state index contributed by atoms with van der Waals surface area (Å²) < 4.78 is 10.6. The smallest absolute Gasteiger partial charge is 0.253 e. The molecule has 98 valence electrons. The zero-order valence-electron chi connectivity index (χ0n) is 10.6. The molecule has 2 atom stereocenters. The van der Waals surface area contributed by atoms with Crippen LogP contribution in [0.4, 0.5) is 11.4 Å². The van der Waals surface area contributed by atoms with Crippen molar-refractivity contribution in [3.05, 3.63) is 18.2 Å². The van der Waals surface area contributed by atoms with Crippen LogP contribution in [0.15, 0.2) is 18.2 Å². The Morgan fingerprint density at radius 1 is 1.50 bits per heavy atom. The average Bonchev–Trinajstić information content (AvgIpc) is 2.78. The highest BCUT2D eigenvalue weighted by atomic mass is 16.5. The molecule has 0 bridgehead atoms. The lowest BCUT2D eigenvalue weighted by molar-refractivity contribution is -0.126. The van der Waals surface area contributed by atoms with Crippen LogP contribution in [-0.4, -0.2) is 25.2 Å². The number of nitrogen functional groups attached to an aromatic ring is 1. The van der Waals surface area contributed by atoms with E-state index in [2.05, 4.69) is 5.32 Å². The standard InChI is InChI=1S/C13H18N2O3/c1-8-3-6-12(18-8)13(16)15-11-5-4-9(17-2)7-10(11)14/h4-5,7-8,12H,3,6,14H2,1-2H3,(H,15,16). The fourth-order valence-corrected chi connectivity index (χ4v) is 1.99. The van der Waals surface area contributed by atoms with Gasteiger partial charge in [0.05, 0.1) is 24.6 Å². The van der Waals surface area contributed by atoms with Crippen molar-refractivity contribution >= 4 is 17.3 Å². The van der Waals surface area contributed by atoms with Crippen LogP contribution >= 0.6 is 0 Å². The van der Waals surface area contributed by atoms with Crippen LogP contribution in [0, 0.1) is 0 Å². The monoisotopic (exact) mass is 250 g/mol. The summed E-state index contributed by atoms with van der Waals surface area (Å²) in [5, 5.41) is 2.78. The second-order valence-corrected chi connectivity index (χ2v) is 4.46. The maximum Gasteiger partial charge on any atom is 0.253 e. The van der Waals surface area contributed by atoms with Crippen molar-refractivity contribution in [1.82, 2.24) is 0 Å². The van der Waals surface area contributed by atoms with Crippen LogP contribution in [0.25, 0.3) is 0 Å². The van der Waals surface area contributed by atoms with E-state index < -0.39 is 0 Å². The molecule has 18 heavy (non-hydrogen) atoms. The predicted octanol–water partition coefficient (Wildman–Crippen LogP) is 1.78. The Balaban J connectivity index is 2.03. The van der Waals surface area contributed by atoms with Crippen molar-refractivity contribution in [2.24, 2.45) is 0 Å². The Labute approximate surface area is 106 Å². The van der Waals surface area contributed by atoms with Gasteiger partial charge in [0.25, 0.3) is 5.91 Å². The third-order valence-electron chi connectivity index (χ3n) is 3.04. The lowest BCUT2D eigenvalue weighted by atomic mass is 10.2. The molecule has 1 fully saturated rings. The Kier molecular flexibility index (Phi) is 3.72. The average molecular weight is 250 g/mol. The van der Waals surface area contributed by atoms with E-state index in [9.17, 15) is 4.79 Å². The molecule has 1 aliphatic heterocycles. The normalized spacial score (nSPS) is 22.8. The SMILES string of the molecule is COc1ccc(NC(=O)C2CCC(C)O2)c(N)c1. The first-order valence-corrected chi connectivity index (χ1v) is 6.00. The van der Waals surface area contributed by atoms with Gasteiger partial charge in [0, 0.05) is 6.07 Å². The van der Waals surface area contributed by atoms with Crippen molar-refractivity contribution in [3.63, 3.8) is 0 Å². The molecule has 1 aromatic rings. The number of hydrogen-bond donors (Lipinski definition) is 2. The minimum absolute atomic E-state index is 0.142. The number of carbonyl (C=O) groups excluding carboxylic acids is 1. The van der Waals surface area contributed by atoms with Crippen LogP contribution in [0.2, 0.25) is 0 Å². The lowest BCUT2D eigenvalue weighted by Gasteiger charge is -2.13. The molecule has 2 rings (SSSR count). The minimum Gasteiger partial charge on any atom is -0.497 e. The maximum absolute atomic E-state index is 11.9. The van der Waals surface area contributed by atoms with Crippen molar-refractivity contribution in [1.29, 1.82) is 0 Å². The van der Waals surface area contributed by atoms with Gasteiger partial charge >= 0.3 is 0 Å². The highest BCUT2D eigenvalue weighted by molar-refractivity contribution is 5.97. The van der Waals surface area contributed by atoms with Gasteiger partial charge in [0.1, 0.15) is 11.9 Å². The van der Waals surface area contributed by atoms with Crippen LogP contribution in [-0.2, 0) is 9.53 Å². The molecular formula is C13H18N2O3. The molecule has 0 aromatic heterocycles. The summed E-state index contributed by atoms with van der Waals surface area (Å²) in [6.07, 6.45) is 1.44. The van der Waals surface area contributed by atoms with Gasteiger partial charge in [0.15, 0.2) is 0 Å². The van der Waals surface area contributed by atoms with Gasteiger partial charge in [-0.2, -0.15) is 0 Å². The van der Waals surface area contributed by atoms with E-state index in [1.807, 2.05) is 6.92 Å². The molecule has 0 radical (unpaired) electrons. The quantitative estimate of drug-likeness (QED) is 0.802. The molecule has 0 spiro atoms. The topological polar surface area (TPSA) is 73.6 Å². The van der Waals surface area contributed by atoms with Gasteiger partial charge in [-0.25, -0.2) is 0 Å². The molecule has 1 heterocycles.